The number of rotatable bonds is 6. The van der Waals surface area contributed by atoms with E-state index in [0.717, 1.165) is 11.5 Å². The zero-order valence-electron chi connectivity index (χ0n) is 9.62. The highest BCUT2D eigenvalue weighted by Crippen LogP contribution is 2.05. The van der Waals surface area contributed by atoms with E-state index in [0.29, 0.717) is 25.1 Å². The predicted octanol–water partition coefficient (Wildman–Crippen LogP) is 2.10. The molecular formula is C12H17NO3. The number of furan rings is 1. The maximum Gasteiger partial charge on any atom is 0.331 e. The Labute approximate surface area is 95.0 Å². The molecule has 0 radical (unpaired) electrons. The average Bonchev–Trinajstić information content (AvgIpc) is 2.64. The number of carboxylic acid groups (broad SMARTS) is 1. The summed E-state index contributed by atoms with van der Waals surface area (Å²) >= 11 is 0. The monoisotopic (exact) mass is 223 g/mol. The van der Waals surface area contributed by atoms with E-state index in [4.69, 9.17) is 9.52 Å². The molecule has 0 amide bonds. The lowest BCUT2D eigenvalue weighted by Gasteiger charge is -2.00. The van der Waals surface area contributed by atoms with Gasteiger partial charge in [-0.25, -0.2) is 4.79 Å². The Balaban J connectivity index is 2.33. The summed E-state index contributed by atoms with van der Waals surface area (Å²) in [5.41, 5.74) is 0.433. The van der Waals surface area contributed by atoms with Gasteiger partial charge in [0.1, 0.15) is 11.5 Å². The minimum atomic E-state index is -0.849. The topological polar surface area (TPSA) is 62.5 Å². The lowest BCUT2D eigenvalue weighted by atomic mass is 10.2. The smallest absolute Gasteiger partial charge is 0.331 e. The largest absolute Gasteiger partial charge is 0.478 e. The number of hydrogen-bond acceptors (Lipinski definition) is 3. The summed E-state index contributed by atoms with van der Waals surface area (Å²) < 4.78 is 5.36. The van der Waals surface area contributed by atoms with Crippen LogP contribution in [0.3, 0.4) is 0 Å². The summed E-state index contributed by atoms with van der Waals surface area (Å²) in [7, 11) is 0. The lowest BCUT2D eigenvalue weighted by Crippen LogP contribution is -2.14. The van der Waals surface area contributed by atoms with Gasteiger partial charge >= 0.3 is 5.97 Å². The minimum absolute atomic E-state index is 0.433. The fraction of sp³-hybridized carbons (Fsp3) is 0.417. The highest BCUT2D eigenvalue weighted by molar-refractivity contribution is 5.86. The van der Waals surface area contributed by atoms with Crippen LogP contribution >= 0.6 is 0 Å². The molecule has 2 N–H and O–H groups in total. The molecule has 0 aliphatic carbocycles. The summed E-state index contributed by atoms with van der Waals surface area (Å²) in [6.07, 6.45) is 2.23. The van der Waals surface area contributed by atoms with Gasteiger partial charge < -0.3 is 14.8 Å². The molecule has 1 aromatic rings. The number of aliphatic carboxylic acids is 1. The van der Waals surface area contributed by atoms with Crippen molar-refractivity contribution in [2.24, 2.45) is 0 Å². The van der Waals surface area contributed by atoms with Crippen LogP contribution in [0.15, 0.2) is 28.2 Å². The van der Waals surface area contributed by atoms with Crippen LogP contribution in [0.5, 0.6) is 0 Å². The van der Waals surface area contributed by atoms with Crippen LogP contribution in [0.4, 0.5) is 0 Å². The fourth-order valence-corrected chi connectivity index (χ4v) is 1.35. The zero-order chi connectivity index (χ0) is 12.0. The SMILES string of the molecule is CC/C(=C/CNCc1ccc(C)o1)C(=O)O. The summed E-state index contributed by atoms with van der Waals surface area (Å²) in [5, 5.41) is 11.9. The summed E-state index contributed by atoms with van der Waals surface area (Å²) in [5.74, 6) is 0.893. The molecule has 16 heavy (non-hydrogen) atoms. The van der Waals surface area contributed by atoms with Gasteiger partial charge in [-0.2, -0.15) is 0 Å². The van der Waals surface area contributed by atoms with Gasteiger partial charge in [-0.3, -0.25) is 0 Å². The molecule has 0 aliphatic heterocycles. The minimum Gasteiger partial charge on any atom is -0.478 e. The van der Waals surface area contributed by atoms with E-state index in [-0.39, 0.29) is 0 Å². The van der Waals surface area contributed by atoms with Crippen molar-refractivity contribution in [3.63, 3.8) is 0 Å². The molecule has 0 aliphatic rings. The molecule has 1 heterocycles. The van der Waals surface area contributed by atoms with Crippen LogP contribution in [-0.2, 0) is 11.3 Å². The zero-order valence-corrected chi connectivity index (χ0v) is 9.62. The number of carboxylic acids is 1. The van der Waals surface area contributed by atoms with Crippen LogP contribution in [0.1, 0.15) is 24.9 Å². The first kappa shape index (κ1) is 12.5. The van der Waals surface area contributed by atoms with Crippen molar-refractivity contribution >= 4 is 5.97 Å². The first-order chi connectivity index (χ1) is 7.63. The van der Waals surface area contributed by atoms with E-state index >= 15 is 0 Å². The molecule has 88 valence electrons. The van der Waals surface area contributed by atoms with Crippen molar-refractivity contribution in [3.8, 4) is 0 Å². The number of hydrogen-bond donors (Lipinski definition) is 2. The second kappa shape index (κ2) is 6.12. The van der Waals surface area contributed by atoms with Crippen molar-refractivity contribution in [1.29, 1.82) is 0 Å². The summed E-state index contributed by atoms with van der Waals surface area (Å²) in [6, 6.07) is 3.81. The Bertz CT molecular complexity index is 379. The second-order valence-electron chi connectivity index (χ2n) is 3.53. The molecule has 4 nitrogen and oxygen atoms in total. The Morgan fingerprint density at radius 1 is 1.56 bits per heavy atom. The maximum absolute atomic E-state index is 10.7. The normalized spacial score (nSPS) is 11.8. The molecule has 0 unspecified atom stereocenters. The van der Waals surface area contributed by atoms with E-state index in [1.165, 1.54) is 0 Å². The molecule has 0 atom stereocenters. The van der Waals surface area contributed by atoms with Gasteiger partial charge in [0.25, 0.3) is 0 Å². The Morgan fingerprint density at radius 3 is 2.81 bits per heavy atom. The third-order valence-corrected chi connectivity index (χ3v) is 2.24. The van der Waals surface area contributed by atoms with Gasteiger partial charge in [0.05, 0.1) is 6.54 Å². The van der Waals surface area contributed by atoms with Crippen molar-refractivity contribution in [2.75, 3.05) is 6.54 Å². The molecule has 0 spiro atoms. The average molecular weight is 223 g/mol. The molecule has 0 saturated heterocycles. The predicted molar refractivity (Wildman–Crippen MR) is 61.2 cm³/mol. The van der Waals surface area contributed by atoms with E-state index in [9.17, 15) is 4.79 Å². The summed E-state index contributed by atoms with van der Waals surface area (Å²) in [4.78, 5) is 10.7. The van der Waals surface area contributed by atoms with Crippen LogP contribution < -0.4 is 5.32 Å². The van der Waals surface area contributed by atoms with Crippen molar-refractivity contribution in [3.05, 3.63) is 35.3 Å². The van der Waals surface area contributed by atoms with Gasteiger partial charge in [-0.15, -0.1) is 0 Å². The van der Waals surface area contributed by atoms with Gasteiger partial charge in [-0.1, -0.05) is 13.0 Å². The van der Waals surface area contributed by atoms with E-state index in [1.54, 1.807) is 6.08 Å². The molecule has 0 fully saturated rings. The van der Waals surface area contributed by atoms with Crippen LogP contribution in [-0.4, -0.2) is 17.6 Å². The van der Waals surface area contributed by atoms with E-state index in [2.05, 4.69) is 5.32 Å². The molecule has 4 heteroatoms. The number of nitrogens with one attached hydrogen (secondary N) is 1. The van der Waals surface area contributed by atoms with Crippen molar-refractivity contribution in [1.82, 2.24) is 5.32 Å². The third-order valence-electron chi connectivity index (χ3n) is 2.24. The highest BCUT2D eigenvalue weighted by Gasteiger charge is 2.02. The molecular weight excluding hydrogens is 206 g/mol. The molecule has 1 rings (SSSR count). The van der Waals surface area contributed by atoms with Crippen molar-refractivity contribution < 1.29 is 14.3 Å². The third kappa shape index (κ3) is 3.90. The van der Waals surface area contributed by atoms with E-state index < -0.39 is 5.97 Å². The highest BCUT2D eigenvalue weighted by atomic mass is 16.4. The molecule has 1 aromatic heterocycles. The van der Waals surface area contributed by atoms with Gasteiger partial charge in [0.15, 0.2) is 0 Å². The summed E-state index contributed by atoms with van der Waals surface area (Å²) in [6.45, 7) is 4.87. The standard InChI is InChI=1S/C12H17NO3/c1-3-10(12(14)15)6-7-13-8-11-5-4-9(2)16-11/h4-6,13H,3,7-8H2,1-2H3,(H,14,15)/b10-6-. The molecule has 0 bridgehead atoms. The van der Waals surface area contributed by atoms with Crippen LogP contribution in [0.25, 0.3) is 0 Å². The number of aryl methyl sites for hydroxylation is 1. The van der Waals surface area contributed by atoms with Crippen LogP contribution in [0, 0.1) is 6.92 Å². The Kier molecular flexibility index (Phi) is 4.79. The fourth-order valence-electron chi connectivity index (χ4n) is 1.35. The molecule has 0 aromatic carbocycles. The lowest BCUT2D eigenvalue weighted by molar-refractivity contribution is -0.132. The maximum atomic E-state index is 10.7. The Hall–Kier alpha value is -1.55. The van der Waals surface area contributed by atoms with Crippen LogP contribution in [0.2, 0.25) is 0 Å². The number of carbonyl (C=O) groups is 1. The quantitative estimate of drug-likeness (QED) is 0.572. The second-order valence-corrected chi connectivity index (χ2v) is 3.53. The van der Waals surface area contributed by atoms with Gasteiger partial charge in [0.2, 0.25) is 0 Å². The van der Waals surface area contributed by atoms with E-state index in [1.807, 2.05) is 26.0 Å². The Morgan fingerprint density at radius 2 is 2.31 bits per heavy atom. The molecule has 0 saturated carbocycles. The first-order valence-electron chi connectivity index (χ1n) is 5.31. The van der Waals surface area contributed by atoms with Gasteiger partial charge in [0, 0.05) is 12.1 Å². The first-order valence-corrected chi connectivity index (χ1v) is 5.31. The van der Waals surface area contributed by atoms with Crippen molar-refractivity contribution in [2.45, 2.75) is 26.8 Å². The van der Waals surface area contributed by atoms with Gasteiger partial charge in [-0.05, 0) is 25.5 Å².